The Morgan fingerprint density at radius 1 is 1.42 bits per heavy atom. The molecule has 1 amide bonds. The second-order valence-electron chi connectivity index (χ2n) is 6.79. The molecule has 0 aromatic heterocycles. The summed E-state index contributed by atoms with van der Waals surface area (Å²) in [6.07, 6.45) is 2.49. The fourth-order valence-electron chi connectivity index (χ4n) is 3.48. The molecule has 0 spiro atoms. The van der Waals surface area contributed by atoms with Crippen LogP contribution in [0.3, 0.4) is 0 Å². The van der Waals surface area contributed by atoms with Crippen molar-refractivity contribution >= 4 is 17.5 Å². The first-order valence-corrected chi connectivity index (χ1v) is 8.86. The molecule has 2 N–H and O–H groups in total. The summed E-state index contributed by atoms with van der Waals surface area (Å²) in [4.78, 5) is 15.6. The predicted octanol–water partition coefficient (Wildman–Crippen LogP) is 2.37. The highest BCUT2D eigenvalue weighted by atomic mass is 35.5. The number of benzene rings is 1. The van der Waals surface area contributed by atoms with E-state index in [4.69, 9.17) is 22.1 Å². The first kappa shape index (κ1) is 19.0. The van der Waals surface area contributed by atoms with Gasteiger partial charge in [-0.15, -0.1) is 0 Å². The van der Waals surface area contributed by atoms with Crippen LogP contribution >= 0.6 is 11.6 Å². The third kappa shape index (κ3) is 5.10. The largest absolute Gasteiger partial charge is 0.482 e. The summed E-state index contributed by atoms with van der Waals surface area (Å²) in [7, 11) is 4.33. The smallest absolute Gasteiger partial charge is 0.255 e. The minimum Gasteiger partial charge on any atom is -0.482 e. The van der Waals surface area contributed by atoms with Gasteiger partial charge in [0.15, 0.2) is 6.61 Å². The Morgan fingerprint density at radius 2 is 2.17 bits per heavy atom. The van der Waals surface area contributed by atoms with Gasteiger partial charge in [-0.1, -0.05) is 31.0 Å². The zero-order chi connectivity index (χ0) is 17.7. The van der Waals surface area contributed by atoms with Gasteiger partial charge in [-0.25, -0.2) is 0 Å². The number of ether oxygens (including phenoxy) is 1. The maximum absolute atomic E-state index is 10.8. The highest BCUT2D eigenvalue weighted by Gasteiger charge is 2.33. The summed E-state index contributed by atoms with van der Waals surface area (Å²) in [5.41, 5.74) is 6.24. The molecule has 1 saturated heterocycles. The van der Waals surface area contributed by atoms with Gasteiger partial charge in [0.25, 0.3) is 5.91 Å². The van der Waals surface area contributed by atoms with Crippen molar-refractivity contribution in [1.82, 2.24) is 9.80 Å². The molecule has 5 nitrogen and oxygen atoms in total. The molecule has 1 fully saturated rings. The Balaban J connectivity index is 1.98. The molecular formula is C18H28ClN3O2. The second kappa shape index (κ2) is 8.70. The average Bonchev–Trinajstić information content (AvgIpc) is 2.89. The van der Waals surface area contributed by atoms with Crippen LogP contribution in [0.15, 0.2) is 18.2 Å². The summed E-state index contributed by atoms with van der Waals surface area (Å²) in [6.45, 7) is 5.16. The zero-order valence-corrected chi connectivity index (χ0v) is 15.6. The highest BCUT2D eigenvalue weighted by molar-refractivity contribution is 6.32. The van der Waals surface area contributed by atoms with Crippen LogP contribution in [0.4, 0.5) is 0 Å². The van der Waals surface area contributed by atoms with Crippen molar-refractivity contribution in [2.75, 3.05) is 33.8 Å². The van der Waals surface area contributed by atoms with Crippen molar-refractivity contribution < 1.29 is 9.53 Å². The van der Waals surface area contributed by atoms with Crippen LogP contribution in [0.5, 0.6) is 5.75 Å². The van der Waals surface area contributed by atoms with Crippen molar-refractivity contribution in [2.45, 2.75) is 32.4 Å². The summed E-state index contributed by atoms with van der Waals surface area (Å²) >= 11 is 6.25. The number of hydrogen-bond donors (Lipinski definition) is 1. The number of halogens is 1. The molecule has 6 heteroatoms. The SMILES string of the molecule is CCC[C@@H]1CN(Cc2ccc(OCC(N)=O)c(Cl)c2)C[C@H]1N(C)C. The molecular weight excluding hydrogens is 326 g/mol. The Hall–Kier alpha value is -1.30. The van der Waals surface area contributed by atoms with Crippen LogP contribution in [-0.4, -0.2) is 55.5 Å². The number of carbonyl (C=O) groups is 1. The third-order valence-electron chi connectivity index (χ3n) is 4.58. The van der Waals surface area contributed by atoms with E-state index >= 15 is 0 Å². The molecule has 1 aliphatic rings. The minimum atomic E-state index is -0.510. The van der Waals surface area contributed by atoms with Crippen LogP contribution in [0, 0.1) is 5.92 Å². The molecule has 2 atom stereocenters. The van der Waals surface area contributed by atoms with Gasteiger partial charge < -0.3 is 15.4 Å². The molecule has 1 heterocycles. The molecule has 2 rings (SSSR count). The lowest BCUT2D eigenvalue weighted by Gasteiger charge is -2.24. The van der Waals surface area contributed by atoms with Gasteiger partial charge in [0, 0.05) is 25.7 Å². The van der Waals surface area contributed by atoms with Crippen LogP contribution in [-0.2, 0) is 11.3 Å². The Bertz CT molecular complexity index is 565. The molecule has 0 bridgehead atoms. The highest BCUT2D eigenvalue weighted by Crippen LogP contribution is 2.29. The van der Waals surface area contributed by atoms with Gasteiger partial charge in [0.2, 0.25) is 0 Å². The lowest BCUT2D eigenvalue weighted by Crippen LogP contribution is -2.35. The lowest BCUT2D eigenvalue weighted by atomic mass is 9.98. The van der Waals surface area contributed by atoms with Gasteiger partial charge in [0.1, 0.15) is 5.75 Å². The number of primary amides is 1. The number of likely N-dealkylation sites (N-methyl/N-ethyl adjacent to an activating group) is 1. The van der Waals surface area contributed by atoms with Gasteiger partial charge >= 0.3 is 0 Å². The van der Waals surface area contributed by atoms with E-state index in [-0.39, 0.29) is 6.61 Å². The number of likely N-dealkylation sites (tertiary alicyclic amines) is 1. The summed E-state index contributed by atoms with van der Waals surface area (Å²) < 4.78 is 5.29. The second-order valence-corrected chi connectivity index (χ2v) is 7.20. The van der Waals surface area contributed by atoms with Gasteiger partial charge in [-0.05, 0) is 44.1 Å². The summed E-state index contributed by atoms with van der Waals surface area (Å²) in [5.74, 6) is 0.707. The van der Waals surface area contributed by atoms with E-state index in [1.54, 1.807) is 0 Å². The van der Waals surface area contributed by atoms with E-state index in [0.29, 0.717) is 16.8 Å². The van der Waals surface area contributed by atoms with E-state index < -0.39 is 5.91 Å². The third-order valence-corrected chi connectivity index (χ3v) is 4.87. The van der Waals surface area contributed by atoms with Crippen molar-refractivity contribution in [3.8, 4) is 5.75 Å². The Kier molecular flexibility index (Phi) is 6.90. The lowest BCUT2D eigenvalue weighted by molar-refractivity contribution is -0.119. The molecule has 0 unspecified atom stereocenters. The molecule has 1 aromatic rings. The van der Waals surface area contributed by atoms with E-state index in [0.717, 1.165) is 31.1 Å². The van der Waals surface area contributed by atoms with E-state index in [1.165, 1.54) is 12.8 Å². The molecule has 24 heavy (non-hydrogen) atoms. The summed E-state index contributed by atoms with van der Waals surface area (Å²) in [6, 6.07) is 6.33. The van der Waals surface area contributed by atoms with Crippen molar-refractivity contribution in [3.05, 3.63) is 28.8 Å². The normalized spacial score (nSPS) is 21.4. The number of hydrogen-bond acceptors (Lipinski definition) is 4. The minimum absolute atomic E-state index is 0.158. The number of amides is 1. The molecule has 1 aliphatic heterocycles. The van der Waals surface area contributed by atoms with Crippen molar-refractivity contribution in [2.24, 2.45) is 11.7 Å². The molecule has 134 valence electrons. The van der Waals surface area contributed by atoms with Crippen LogP contribution in [0.2, 0.25) is 5.02 Å². The van der Waals surface area contributed by atoms with Gasteiger partial charge in [-0.2, -0.15) is 0 Å². The number of carbonyl (C=O) groups excluding carboxylic acids is 1. The zero-order valence-electron chi connectivity index (χ0n) is 14.8. The van der Waals surface area contributed by atoms with Crippen molar-refractivity contribution in [1.29, 1.82) is 0 Å². The fraction of sp³-hybridized carbons (Fsp3) is 0.611. The van der Waals surface area contributed by atoms with Crippen LogP contribution in [0.25, 0.3) is 0 Å². The summed E-state index contributed by atoms with van der Waals surface area (Å²) in [5, 5.41) is 0.516. The van der Waals surface area contributed by atoms with E-state index in [1.807, 2.05) is 18.2 Å². The molecule has 1 aromatic carbocycles. The van der Waals surface area contributed by atoms with Crippen LogP contribution in [0.1, 0.15) is 25.3 Å². The first-order chi connectivity index (χ1) is 11.4. The molecule has 0 saturated carbocycles. The maximum atomic E-state index is 10.8. The Morgan fingerprint density at radius 3 is 2.75 bits per heavy atom. The molecule has 0 aliphatic carbocycles. The predicted molar refractivity (Wildman–Crippen MR) is 97.3 cm³/mol. The number of rotatable bonds is 8. The van der Waals surface area contributed by atoms with E-state index in [9.17, 15) is 4.79 Å². The van der Waals surface area contributed by atoms with Crippen molar-refractivity contribution in [3.63, 3.8) is 0 Å². The topological polar surface area (TPSA) is 58.8 Å². The number of nitrogens with zero attached hydrogens (tertiary/aromatic N) is 2. The standard InChI is InChI=1S/C18H28ClN3O2/c1-4-5-14-10-22(11-16(14)21(2)3)9-13-6-7-17(15(19)8-13)24-12-18(20)23/h6-8,14,16H,4-5,9-12H2,1-3H3,(H2,20,23)/t14-,16-/m1/s1. The fourth-order valence-corrected chi connectivity index (χ4v) is 3.73. The van der Waals surface area contributed by atoms with Crippen LogP contribution < -0.4 is 10.5 Å². The van der Waals surface area contributed by atoms with E-state index in [2.05, 4.69) is 30.8 Å². The van der Waals surface area contributed by atoms with Gasteiger partial charge in [-0.3, -0.25) is 9.69 Å². The number of nitrogens with two attached hydrogens (primary N) is 1. The molecule has 0 radical (unpaired) electrons. The maximum Gasteiger partial charge on any atom is 0.255 e. The quantitative estimate of drug-likeness (QED) is 0.779. The first-order valence-electron chi connectivity index (χ1n) is 8.49. The Labute approximate surface area is 149 Å². The monoisotopic (exact) mass is 353 g/mol. The average molecular weight is 354 g/mol. The van der Waals surface area contributed by atoms with Gasteiger partial charge in [0.05, 0.1) is 5.02 Å².